The van der Waals surface area contributed by atoms with E-state index in [1.165, 1.54) is 10.4 Å². The molecule has 21 heavy (non-hydrogen) atoms. The lowest BCUT2D eigenvalue weighted by Gasteiger charge is -2.34. The maximum Gasteiger partial charge on any atom is 0.268 e. The molecule has 6 heteroatoms. The van der Waals surface area contributed by atoms with E-state index in [-0.39, 0.29) is 17.9 Å². The molecule has 0 spiro atoms. The summed E-state index contributed by atoms with van der Waals surface area (Å²) < 4.78 is 5.43. The molecule has 2 N–H and O–H groups in total. The first-order valence-corrected chi connectivity index (χ1v) is 8.23. The molecule has 2 aromatic heterocycles. The van der Waals surface area contributed by atoms with Crippen LogP contribution in [0.15, 0.2) is 10.6 Å². The molecule has 1 saturated carbocycles. The first-order chi connectivity index (χ1) is 9.66. The van der Waals surface area contributed by atoms with Crippen LogP contribution in [0.3, 0.4) is 0 Å². The lowest BCUT2D eigenvalue weighted by Crippen LogP contribution is -2.44. The lowest BCUT2D eigenvalue weighted by molar-refractivity contribution is 0.229. The number of nitrogens with two attached hydrogens (primary N) is 1. The summed E-state index contributed by atoms with van der Waals surface area (Å²) in [6.45, 7) is 4.39. The zero-order valence-corrected chi connectivity index (χ0v) is 14.1. The Hall–Kier alpha value is -0.910. The third kappa shape index (κ3) is 3.00. The van der Waals surface area contributed by atoms with E-state index in [2.05, 4.69) is 30.1 Å². The van der Waals surface area contributed by atoms with E-state index >= 15 is 0 Å². The Balaban J connectivity index is 0.00000161. The third-order valence-electron chi connectivity index (χ3n) is 4.08. The maximum absolute atomic E-state index is 6.24. The normalized spacial score (nSPS) is 16.3. The lowest BCUT2D eigenvalue weighted by atomic mass is 9.77. The van der Waals surface area contributed by atoms with Crippen molar-refractivity contribution < 1.29 is 4.52 Å². The highest BCUT2D eigenvalue weighted by Gasteiger charge is 2.39. The summed E-state index contributed by atoms with van der Waals surface area (Å²) in [5.41, 5.74) is 7.30. The largest absolute Gasteiger partial charge is 0.333 e. The number of rotatable bonds is 5. The summed E-state index contributed by atoms with van der Waals surface area (Å²) in [5, 5.41) is 4.09. The van der Waals surface area contributed by atoms with Crippen LogP contribution in [0.1, 0.15) is 55.8 Å². The molecule has 4 nitrogen and oxygen atoms in total. The Morgan fingerprint density at radius 1 is 1.38 bits per heavy atom. The molecule has 0 atom stereocenters. The standard InChI is InChI=1S/C15H21N3OS.ClH/c1-3-6-11-10(4-2)9-12(20-11)13-17-14(18-19-13)15(16)7-5-8-15;/h9H,3-8,16H2,1-2H3;1H. The number of hydrogen-bond donors (Lipinski definition) is 1. The Bertz CT molecular complexity index is 604. The maximum atomic E-state index is 6.24. The summed E-state index contributed by atoms with van der Waals surface area (Å²) in [5.74, 6) is 1.29. The number of halogens is 1. The van der Waals surface area contributed by atoms with Crippen LogP contribution in [0.25, 0.3) is 10.8 Å². The minimum atomic E-state index is -0.348. The van der Waals surface area contributed by atoms with E-state index in [0.29, 0.717) is 11.7 Å². The van der Waals surface area contributed by atoms with Gasteiger partial charge in [-0.2, -0.15) is 4.98 Å². The first-order valence-electron chi connectivity index (χ1n) is 7.41. The molecule has 3 rings (SSSR count). The highest BCUT2D eigenvalue weighted by molar-refractivity contribution is 7.15. The monoisotopic (exact) mass is 327 g/mol. The van der Waals surface area contributed by atoms with Gasteiger partial charge in [-0.3, -0.25) is 0 Å². The van der Waals surface area contributed by atoms with Gasteiger partial charge in [0.15, 0.2) is 5.82 Å². The van der Waals surface area contributed by atoms with E-state index < -0.39 is 0 Å². The minimum Gasteiger partial charge on any atom is -0.333 e. The Morgan fingerprint density at radius 3 is 2.71 bits per heavy atom. The van der Waals surface area contributed by atoms with Gasteiger partial charge in [-0.1, -0.05) is 25.4 Å². The minimum absolute atomic E-state index is 0. The van der Waals surface area contributed by atoms with E-state index in [9.17, 15) is 0 Å². The zero-order valence-electron chi connectivity index (χ0n) is 12.5. The molecule has 1 fully saturated rings. The number of nitrogens with zero attached hydrogens (tertiary/aromatic N) is 2. The van der Waals surface area contributed by atoms with Crippen molar-refractivity contribution in [1.29, 1.82) is 0 Å². The summed E-state index contributed by atoms with van der Waals surface area (Å²) in [6, 6.07) is 2.19. The molecule has 2 heterocycles. The number of hydrogen-bond acceptors (Lipinski definition) is 5. The van der Waals surface area contributed by atoms with Gasteiger partial charge in [0, 0.05) is 4.88 Å². The third-order valence-corrected chi connectivity index (χ3v) is 5.31. The van der Waals surface area contributed by atoms with Gasteiger partial charge in [-0.05, 0) is 43.7 Å². The van der Waals surface area contributed by atoms with E-state index in [0.717, 1.165) is 43.4 Å². The molecule has 0 aromatic carbocycles. The fourth-order valence-electron chi connectivity index (χ4n) is 2.62. The second-order valence-corrected chi connectivity index (χ2v) is 6.73. The number of aromatic nitrogens is 2. The molecule has 2 aromatic rings. The van der Waals surface area contributed by atoms with Crippen LogP contribution in [0, 0.1) is 0 Å². The van der Waals surface area contributed by atoms with Crippen LogP contribution in [0.2, 0.25) is 0 Å². The molecular formula is C15H22ClN3OS. The molecule has 116 valence electrons. The van der Waals surface area contributed by atoms with Crippen molar-refractivity contribution in [3.63, 3.8) is 0 Å². The molecule has 0 saturated heterocycles. The Labute approximate surface area is 135 Å². The summed E-state index contributed by atoms with van der Waals surface area (Å²) in [4.78, 5) is 7.05. The molecule has 0 bridgehead atoms. The zero-order chi connectivity index (χ0) is 14.2. The molecule has 1 aliphatic rings. The average molecular weight is 328 g/mol. The van der Waals surface area contributed by atoms with Gasteiger partial charge in [0.2, 0.25) is 0 Å². The predicted octanol–water partition coefficient (Wildman–Crippen LogP) is 4.07. The highest BCUT2D eigenvalue weighted by atomic mass is 35.5. The van der Waals surface area contributed by atoms with Crippen molar-refractivity contribution in [3.8, 4) is 10.8 Å². The molecule has 0 amide bonds. The Morgan fingerprint density at radius 2 is 2.14 bits per heavy atom. The van der Waals surface area contributed by atoms with Gasteiger partial charge >= 0.3 is 0 Å². The van der Waals surface area contributed by atoms with Crippen molar-refractivity contribution >= 4 is 23.7 Å². The fourth-order valence-corrected chi connectivity index (χ4v) is 3.89. The van der Waals surface area contributed by atoms with E-state index in [1.807, 2.05) is 0 Å². The van der Waals surface area contributed by atoms with E-state index in [1.54, 1.807) is 11.3 Å². The van der Waals surface area contributed by atoms with Gasteiger partial charge in [-0.25, -0.2) is 0 Å². The van der Waals surface area contributed by atoms with Crippen molar-refractivity contribution in [3.05, 3.63) is 22.3 Å². The van der Waals surface area contributed by atoms with Crippen molar-refractivity contribution in [2.24, 2.45) is 5.73 Å². The van der Waals surface area contributed by atoms with Crippen LogP contribution >= 0.6 is 23.7 Å². The smallest absolute Gasteiger partial charge is 0.268 e. The van der Waals surface area contributed by atoms with Crippen LogP contribution in [-0.4, -0.2) is 10.1 Å². The molecule has 0 unspecified atom stereocenters. The van der Waals surface area contributed by atoms with Gasteiger partial charge in [0.05, 0.1) is 10.4 Å². The fraction of sp³-hybridized carbons (Fsp3) is 0.600. The van der Waals surface area contributed by atoms with Crippen LogP contribution in [0.5, 0.6) is 0 Å². The van der Waals surface area contributed by atoms with Crippen LogP contribution in [-0.2, 0) is 18.4 Å². The second kappa shape index (κ2) is 6.46. The Kier molecular flexibility index (Phi) is 5.07. The number of thiophene rings is 1. The van der Waals surface area contributed by atoms with Gasteiger partial charge in [-0.15, -0.1) is 23.7 Å². The van der Waals surface area contributed by atoms with Gasteiger partial charge < -0.3 is 10.3 Å². The van der Waals surface area contributed by atoms with Gasteiger partial charge in [0.25, 0.3) is 5.89 Å². The van der Waals surface area contributed by atoms with E-state index in [4.69, 9.17) is 10.3 Å². The van der Waals surface area contributed by atoms with Crippen molar-refractivity contribution in [1.82, 2.24) is 10.1 Å². The average Bonchev–Trinajstić information content (AvgIpc) is 3.02. The molecular weight excluding hydrogens is 306 g/mol. The van der Waals surface area contributed by atoms with Crippen LogP contribution in [0.4, 0.5) is 0 Å². The summed E-state index contributed by atoms with van der Waals surface area (Å²) in [7, 11) is 0. The van der Waals surface area contributed by atoms with Gasteiger partial charge in [0.1, 0.15) is 0 Å². The molecule has 1 aliphatic carbocycles. The molecule has 0 radical (unpaired) electrons. The second-order valence-electron chi connectivity index (χ2n) is 5.60. The number of aryl methyl sites for hydroxylation is 2. The summed E-state index contributed by atoms with van der Waals surface area (Å²) >= 11 is 1.77. The molecule has 0 aliphatic heterocycles. The SMILES string of the molecule is CCCc1sc(-c2nc(C3(N)CCC3)no2)cc1CC.Cl. The highest BCUT2D eigenvalue weighted by Crippen LogP contribution is 2.39. The van der Waals surface area contributed by atoms with Crippen molar-refractivity contribution in [2.75, 3.05) is 0 Å². The van der Waals surface area contributed by atoms with Crippen LogP contribution < -0.4 is 5.73 Å². The topological polar surface area (TPSA) is 64.9 Å². The van der Waals surface area contributed by atoms with Crippen molar-refractivity contribution in [2.45, 2.75) is 57.9 Å². The quantitative estimate of drug-likeness (QED) is 0.898. The predicted molar refractivity (Wildman–Crippen MR) is 87.9 cm³/mol. The summed E-state index contributed by atoms with van der Waals surface area (Å²) in [6.07, 6.45) is 6.40. The first kappa shape index (κ1) is 16.5.